The van der Waals surface area contributed by atoms with Crippen LogP contribution in [0.3, 0.4) is 0 Å². The second-order valence-corrected chi connectivity index (χ2v) is 9.80. The van der Waals surface area contributed by atoms with Gasteiger partial charge in [0.25, 0.3) is 5.82 Å². The zero-order valence-corrected chi connectivity index (χ0v) is 21.6. The molecule has 2 aliphatic rings. The number of aromatic carboxylic acids is 1. The van der Waals surface area contributed by atoms with Crippen LogP contribution < -0.4 is 9.64 Å². The molecule has 3 aromatic heterocycles. The summed E-state index contributed by atoms with van der Waals surface area (Å²) in [5.41, 5.74) is 1.62. The number of halogens is 1. The summed E-state index contributed by atoms with van der Waals surface area (Å²) in [5, 5.41) is 22.3. The van der Waals surface area contributed by atoms with Crippen LogP contribution in [0.2, 0.25) is 0 Å². The van der Waals surface area contributed by atoms with E-state index in [4.69, 9.17) is 14.7 Å². The molecule has 1 N–H and O–H groups in total. The second kappa shape index (κ2) is 10.9. The quantitative estimate of drug-likeness (QED) is 0.333. The fourth-order valence-corrected chi connectivity index (χ4v) is 4.88. The summed E-state index contributed by atoms with van der Waals surface area (Å²) in [5.74, 6) is -0.174. The van der Waals surface area contributed by atoms with Crippen LogP contribution in [0.25, 0.3) is 5.78 Å². The largest absolute Gasteiger partial charge is 0.475 e. The highest BCUT2D eigenvalue weighted by Gasteiger charge is 2.26. The van der Waals surface area contributed by atoms with E-state index >= 15 is 0 Å². The number of hydrogen-bond acceptors (Lipinski definition) is 9. The van der Waals surface area contributed by atoms with Crippen LogP contribution in [0.5, 0.6) is 5.88 Å². The summed E-state index contributed by atoms with van der Waals surface area (Å²) in [4.78, 5) is 24.7. The Bertz CT molecular complexity index is 1580. The molecule has 4 aromatic rings. The Hall–Kier alpha value is -4.54. The number of nitrogens with zero attached hydrogens (tertiary/aromatic N) is 8. The minimum absolute atomic E-state index is 0.0135. The molecular formula is C27H27FN8O4. The molecule has 0 bridgehead atoms. The topological polar surface area (TPSA) is 134 Å². The molecule has 13 heteroatoms. The lowest BCUT2D eigenvalue weighted by molar-refractivity contribution is -0.0592. The van der Waals surface area contributed by atoms with E-state index < -0.39 is 11.8 Å². The van der Waals surface area contributed by atoms with Crippen molar-refractivity contribution < 1.29 is 23.8 Å². The number of ether oxygens (including phenoxy) is 2. The number of carboxylic acids is 1. The first kappa shape index (κ1) is 25.7. The van der Waals surface area contributed by atoms with Gasteiger partial charge in [-0.3, -0.25) is 4.90 Å². The Labute approximate surface area is 228 Å². The Morgan fingerprint density at radius 3 is 2.73 bits per heavy atom. The monoisotopic (exact) mass is 546 g/mol. The summed E-state index contributed by atoms with van der Waals surface area (Å²) in [6.07, 6.45) is 2.89. The van der Waals surface area contributed by atoms with Crippen molar-refractivity contribution in [3.8, 4) is 11.9 Å². The maximum atomic E-state index is 14.2. The van der Waals surface area contributed by atoms with E-state index in [0.29, 0.717) is 30.3 Å². The Kier molecular flexibility index (Phi) is 7.02. The maximum Gasteiger partial charge on any atom is 0.375 e. The van der Waals surface area contributed by atoms with Gasteiger partial charge in [0.1, 0.15) is 18.2 Å². The van der Waals surface area contributed by atoms with Crippen LogP contribution in [0.1, 0.15) is 33.9 Å². The fourth-order valence-electron chi connectivity index (χ4n) is 4.88. The van der Waals surface area contributed by atoms with E-state index in [-0.39, 0.29) is 24.1 Å². The van der Waals surface area contributed by atoms with Crippen LogP contribution in [0.15, 0.2) is 42.6 Å². The van der Waals surface area contributed by atoms with Gasteiger partial charge >= 0.3 is 5.97 Å². The van der Waals surface area contributed by atoms with E-state index in [1.165, 1.54) is 10.6 Å². The lowest BCUT2D eigenvalue weighted by Crippen LogP contribution is -2.46. The van der Waals surface area contributed by atoms with E-state index in [0.717, 1.165) is 50.7 Å². The van der Waals surface area contributed by atoms with Gasteiger partial charge in [0, 0.05) is 51.0 Å². The summed E-state index contributed by atoms with van der Waals surface area (Å²) in [6, 6.07) is 11.8. The maximum absolute atomic E-state index is 14.2. The summed E-state index contributed by atoms with van der Waals surface area (Å²) < 4.78 is 29.1. The lowest BCUT2D eigenvalue weighted by Gasteiger charge is -2.35. The van der Waals surface area contributed by atoms with Gasteiger partial charge in [0.05, 0.1) is 36.2 Å². The second-order valence-electron chi connectivity index (χ2n) is 9.80. The standard InChI is InChI=1S/C27H27FN8O4/c28-22-12-18(13-29)4-5-19(22)17-40-24-3-1-2-23(30-24)34-9-7-33(8-10-34)14-20-15-36-27(31-25(32-36)26(37)38)35(20)16-21-6-11-39-21/h1-5,12,15,21H,6-11,14,16-17H2,(H,37,38). The average Bonchev–Trinajstić information content (AvgIpc) is 3.49. The van der Waals surface area contributed by atoms with Crippen molar-refractivity contribution in [2.24, 2.45) is 0 Å². The van der Waals surface area contributed by atoms with Gasteiger partial charge in [-0.2, -0.15) is 15.2 Å². The molecule has 1 atom stereocenters. The molecule has 0 aliphatic carbocycles. The Balaban J connectivity index is 1.08. The number of nitriles is 1. The van der Waals surface area contributed by atoms with Crippen LogP contribution >= 0.6 is 0 Å². The zero-order valence-electron chi connectivity index (χ0n) is 21.6. The number of anilines is 1. The van der Waals surface area contributed by atoms with Crippen LogP contribution in [-0.4, -0.2) is 79.0 Å². The number of piperazine rings is 1. The van der Waals surface area contributed by atoms with Crippen LogP contribution in [0, 0.1) is 17.1 Å². The molecule has 40 heavy (non-hydrogen) atoms. The minimum Gasteiger partial charge on any atom is -0.475 e. The summed E-state index contributed by atoms with van der Waals surface area (Å²) in [7, 11) is 0. The van der Waals surface area contributed by atoms with Gasteiger partial charge in [0.15, 0.2) is 0 Å². The van der Waals surface area contributed by atoms with Gasteiger partial charge in [-0.1, -0.05) is 12.1 Å². The molecule has 12 nitrogen and oxygen atoms in total. The predicted octanol–water partition coefficient (Wildman–Crippen LogP) is 2.32. The number of carbonyl (C=O) groups is 1. The van der Waals surface area contributed by atoms with Crippen molar-refractivity contribution in [3.05, 3.63) is 71.1 Å². The average molecular weight is 547 g/mol. The first-order chi connectivity index (χ1) is 19.5. The molecule has 1 unspecified atom stereocenters. The number of rotatable bonds is 9. The summed E-state index contributed by atoms with van der Waals surface area (Å²) >= 11 is 0. The van der Waals surface area contributed by atoms with E-state index in [2.05, 4.69) is 24.9 Å². The number of aromatic nitrogens is 5. The smallest absolute Gasteiger partial charge is 0.375 e. The molecular weight excluding hydrogens is 519 g/mol. The van der Waals surface area contributed by atoms with Crippen molar-refractivity contribution in [2.75, 3.05) is 37.7 Å². The third-order valence-electron chi connectivity index (χ3n) is 7.19. The Morgan fingerprint density at radius 1 is 1.20 bits per heavy atom. The molecule has 206 valence electrons. The SMILES string of the molecule is N#Cc1ccc(COc2cccc(N3CCN(Cc4cn5nc(C(=O)O)nc5n4CC4CCO4)CC3)n2)c(F)c1. The third-order valence-corrected chi connectivity index (χ3v) is 7.19. The molecule has 0 saturated carbocycles. The number of carboxylic acid groups (broad SMARTS) is 1. The molecule has 2 saturated heterocycles. The lowest BCUT2D eigenvalue weighted by atomic mass is 10.1. The molecule has 0 amide bonds. The van der Waals surface area contributed by atoms with E-state index in [9.17, 15) is 14.3 Å². The van der Waals surface area contributed by atoms with Crippen molar-refractivity contribution in [3.63, 3.8) is 0 Å². The van der Waals surface area contributed by atoms with Gasteiger partial charge in [-0.05, 0) is 24.6 Å². The highest BCUT2D eigenvalue weighted by molar-refractivity contribution is 5.83. The zero-order chi connectivity index (χ0) is 27.6. The van der Waals surface area contributed by atoms with Gasteiger partial charge < -0.3 is 24.0 Å². The summed E-state index contributed by atoms with van der Waals surface area (Å²) in [6.45, 7) is 5.12. The first-order valence-electron chi connectivity index (χ1n) is 13.0. The van der Waals surface area contributed by atoms with Gasteiger partial charge in [-0.25, -0.2) is 13.7 Å². The highest BCUT2D eigenvalue weighted by atomic mass is 19.1. The third kappa shape index (κ3) is 5.31. The molecule has 5 heterocycles. The number of imidazole rings is 1. The normalized spacial score (nSPS) is 17.5. The molecule has 0 radical (unpaired) electrons. The van der Waals surface area contributed by atoms with Crippen molar-refractivity contribution >= 4 is 17.6 Å². The van der Waals surface area contributed by atoms with E-state index in [1.807, 2.05) is 29.0 Å². The number of hydrogen-bond donors (Lipinski definition) is 1. The predicted molar refractivity (Wildman–Crippen MR) is 139 cm³/mol. The molecule has 0 spiro atoms. The molecule has 2 fully saturated rings. The highest BCUT2D eigenvalue weighted by Crippen LogP contribution is 2.22. The van der Waals surface area contributed by atoms with Crippen LogP contribution in [0.4, 0.5) is 10.2 Å². The van der Waals surface area contributed by atoms with Crippen LogP contribution in [-0.2, 0) is 24.4 Å². The minimum atomic E-state index is -1.16. The molecule has 2 aliphatic heterocycles. The van der Waals surface area contributed by atoms with Gasteiger partial charge in [-0.15, -0.1) is 5.10 Å². The fraction of sp³-hybridized carbons (Fsp3) is 0.370. The van der Waals surface area contributed by atoms with Crippen molar-refractivity contribution in [1.82, 2.24) is 29.0 Å². The van der Waals surface area contributed by atoms with Gasteiger partial charge in [0.2, 0.25) is 11.7 Å². The molecule has 1 aromatic carbocycles. The number of fused-ring (bicyclic) bond motifs is 1. The Morgan fingerprint density at radius 2 is 2.02 bits per heavy atom. The van der Waals surface area contributed by atoms with Crippen molar-refractivity contribution in [1.29, 1.82) is 5.26 Å². The first-order valence-corrected chi connectivity index (χ1v) is 13.0. The number of benzene rings is 1. The number of pyridine rings is 1. The molecule has 6 rings (SSSR count). The van der Waals surface area contributed by atoms with Crippen molar-refractivity contribution in [2.45, 2.75) is 32.2 Å². The van der Waals surface area contributed by atoms with E-state index in [1.54, 1.807) is 18.2 Å².